The van der Waals surface area contributed by atoms with Gasteiger partial charge in [0.15, 0.2) is 11.0 Å². The van der Waals surface area contributed by atoms with E-state index in [2.05, 4.69) is 49.4 Å². The first-order chi connectivity index (χ1) is 25.4. The second-order valence-corrected chi connectivity index (χ2v) is 13.5. The smallest absolute Gasteiger partial charge is 0.327 e. The molecule has 54 heavy (non-hydrogen) atoms. The molecule has 12 N–H and O–H groups in total. The van der Waals surface area contributed by atoms with Crippen LogP contribution in [-0.4, -0.2) is 132 Å². The van der Waals surface area contributed by atoms with Gasteiger partial charge in [-0.05, 0) is 12.8 Å². The molecule has 300 valence electrons. The molecule has 1 aromatic heterocycles. The number of carboxylic acid groups (broad SMARTS) is 3. The first kappa shape index (κ1) is 46.7. The maximum atomic E-state index is 12.6. The number of nitrogens with one attached hydrogen (secondary N) is 7. The van der Waals surface area contributed by atoms with Crippen LogP contribution >= 0.6 is 24.0 Å². The predicted molar refractivity (Wildman–Crippen MR) is 188 cm³/mol. The zero-order valence-corrected chi connectivity index (χ0v) is 30.8. The van der Waals surface area contributed by atoms with Crippen molar-refractivity contribution in [3.8, 4) is 0 Å². The Bertz CT molecular complexity index is 1580. The highest BCUT2D eigenvalue weighted by atomic mass is 32.2. The highest BCUT2D eigenvalue weighted by Gasteiger charge is 2.27. The van der Waals surface area contributed by atoms with Crippen molar-refractivity contribution in [1.82, 2.24) is 42.1 Å². The van der Waals surface area contributed by atoms with E-state index < -0.39 is 114 Å². The number of nitrogens with zero attached hydrogens (tertiary/aromatic N) is 2. The fourth-order valence-electron chi connectivity index (χ4n) is 3.95. The topological polar surface area (TPSA) is 384 Å². The summed E-state index contributed by atoms with van der Waals surface area (Å²) in [6, 6.07) is -4.71. The van der Waals surface area contributed by atoms with Crippen LogP contribution in [0.3, 0.4) is 0 Å². The van der Waals surface area contributed by atoms with Gasteiger partial charge in [-0.2, -0.15) is 12.6 Å². The largest absolute Gasteiger partial charge is 0.481 e. The van der Waals surface area contributed by atoms with Gasteiger partial charge < -0.3 is 52.5 Å². The Morgan fingerprint density at radius 1 is 0.667 bits per heavy atom. The molecule has 0 spiro atoms. The third-order valence-electron chi connectivity index (χ3n) is 6.53. The molecule has 0 bridgehead atoms. The monoisotopic (exact) mass is 824 g/mol. The average molecular weight is 825 g/mol. The van der Waals surface area contributed by atoms with Crippen LogP contribution in [0.25, 0.3) is 0 Å². The Labute approximate surface area is 317 Å². The molecule has 0 aliphatic heterocycles. The summed E-state index contributed by atoms with van der Waals surface area (Å²) < 4.78 is 11.2. The van der Waals surface area contributed by atoms with Crippen LogP contribution in [0.1, 0.15) is 51.4 Å². The normalized spacial score (nSPS) is 12.8. The summed E-state index contributed by atoms with van der Waals surface area (Å²) in [5.41, 5.74) is 0. The molecule has 27 heteroatoms. The molecular weight excluding hydrogens is 785 g/mol. The van der Waals surface area contributed by atoms with Gasteiger partial charge in [-0.3, -0.25) is 43.2 Å². The quantitative estimate of drug-likeness (QED) is 0.0238. The summed E-state index contributed by atoms with van der Waals surface area (Å²) in [6.07, 6.45) is -1.05. The van der Waals surface area contributed by atoms with Gasteiger partial charge in [0.2, 0.25) is 50.8 Å². The Kier molecular flexibility index (Phi) is 21.5. The first-order valence-corrected chi connectivity index (χ1v) is 18.3. The molecule has 7 amide bonds. The minimum atomic E-state index is -1.84. The first-order valence-electron chi connectivity index (χ1n) is 15.7. The number of aliphatic carboxylic acids is 3. The van der Waals surface area contributed by atoms with Gasteiger partial charge in [-0.15, -0.1) is 10.2 Å². The van der Waals surface area contributed by atoms with E-state index in [0.717, 1.165) is 11.3 Å². The lowest BCUT2D eigenvalue weighted by Gasteiger charge is -2.19. The van der Waals surface area contributed by atoms with Crippen molar-refractivity contribution in [3.05, 3.63) is 0 Å². The number of unbranched alkanes of at least 4 members (excludes halogenated alkanes) is 2. The van der Waals surface area contributed by atoms with Gasteiger partial charge in [0, 0.05) is 31.6 Å². The van der Waals surface area contributed by atoms with E-state index in [4.69, 9.17) is 15.4 Å². The second kappa shape index (κ2) is 24.9. The number of hydrogen-bond donors (Lipinski definition) is 12. The summed E-state index contributed by atoms with van der Waals surface area (Å²) >= 11 is 4.60. The number of amides is 7. The van der Waals surface area contributed by atoms with Crippen LogP contribution in [-0.2, 0) is 58.9 Å². The van der Waals surface area contributed by atoms with Crippen LogP contribution in [0, 0.1) is 0 Å². The highest BCUT2D eigenvalue weighted by Crippen LogP contribution is 2.17. The van der Waals surface area contributed by atoms with E-state index in [1.807, 2.05) is 10.6 Å². The lowest BCUT2D eigenvalue weighted by molar-refractivity contribution is -0.142. The summed E-state index contributed by atoms with van der Waals surface area (Å²) in [5, 5.41) is 55.2. The number of anilines is 1. The minimum Gasteiger partial charge on any atom is -0.481 e. The van der Waals surface area contributed by atoms with E-state index in [1.54, 1.807) is 0 Å². The predicted octanol–water partition coefficient (Wildman–Crippen LogP) is -4.43. The van der Waals surface area contributed by atoms with E-state index in [1.165, 1.54) is 0 Å². The molecule has 0 saturated heterocycles. The number of nitrogens with two attached hydrogens (primary N) is 1. The maximum absolute atomic E-state index is 12.6. The fraction of sp³-hybridized carbons (Fsp3) is 0.556. The molecule has 4 atom stereocenters. The molecule has 1 rings (SSSR count). The number of rotatable bonds is 26. The van der Waals surface area contributed by atoms with Crippen LogP contribution in [0.2, 0.25) is 0 Å². The third-order valence-corrected chi connectivity index (χ3v) is 8.70. The van der Waals surface area contributed by atoms with Crippen LogP contribution in [0.15, 0.2) is 4.34 Å². The maximum Gasteiger partial charge on any atom is 0.327 e. The van der Waals surface area contributed by atoms with Crippen molar-refractivity contribution in [3.63, 3.8) is 0 Å². The standard InChI is InChI=1S/C27H40N10O14S3/c28-54(51)27-37-36-26(53-27)35-18(40)6-5-16(38)29-7-3-1-2-4-17(39)32-13(8-21(43)44)23(47)30-10-19(41)33-14(9-22(45)46)24(48)31-11-20(42)34-15(12-52)25(49)50/h13-15,52H,1-12,28H2,(H,29,38)(H,30,47)(H,31,48)(H,32,39)(H,33,41)(H,34,42)(H,43,44)(H,45,46)(H,49,50)(H,35,36,40). The second-order valence-electron chi connectivity index (χ2n) is 10.9. The lowest BCUT2D eigenvalue weighted by Crippen LogP contribution is -2.54. The van der Waals surface area contributed by atoms with Gasteiger partial charge in [0.05, 0.1) is 25.9 Å². The van der Waals surface area contributed by atoms with Crippen molar-refractivity contribution >= 4 is 99.3 Å². The summed E-state index contributed by atoms with van der Waals surface area (Å²) in [5.74, 6) is -10.5. The van der Waals surface area contributed by atoms with Crippen LogP contribution in [0.4, 0.5) is 5.13 Å². The molecule has 0 aliphatic rings. The molecule has 1 aromatic rings. The number of carbonyl (C=O) groups is 10. The minimum absolute atomic E-state index is 0.0225. The zero-order valence-electron chi connectivity index (χ0n) is 28.3. The molecule has 0 radical (unpaired) electrons. The fourth-order valence-corrected chi connectivity index (χ4v) is 5.37. The van der Waals surface area contributed by atoms with E-state index in [0.29, 0.717) is 12.8 Å². The molecule has 24 nitrogen and oxygen atoms in total. The highest BCUT2D eigenvalue weighted by molar-refractivity contribution is 7.85. The van der Waals surface area contributed by atoms with Crippen LogP contribution < -0.4 is 42.4 Å². The van der Waals surface area contributed by atoms with E-state index >= 15 is 0 Å². The van der Waals surface area contributed by atoms with Crippen molar-refractivity contribution in [2.45, 2.75) is 73.8 Å². The molecular formula is C27H40N10O14S3. The SMILES string of the molecule is NS(=O)c1nnc(NC(=O)CCC(=O)NCCCCCC(=O)NC(CC(=O)O)C(=O)NCC(=O)NC(CC(=O)O)C(=O)NCC(=O)NC(CS)C(=O)O)s1. The molecule has 4 unspecified atom stereocenters. The molecule has 0 saturated carbocycles. The van der Waals surface area contributed by atoms with Crippen LogP contribution in [0.5, 0.6) is 0 Å². The number of carbonyl (C=O) groups excluding carboxylic acids is 7. The van der Waals surface area contributed by atoms with Crippen molar-refractivity contribution in [2.24, 2.45) is 5.14 Å². The molecule has 1 heterocycles. The van der Waals surface area contributed by atoms with Gasteiger partial charge in [-0.25, -0.2) is 14.1 Å². The van der Waals surface area contributed by atoms with Crippen molar-refractivity contribution < 1.29 is 67.5 Å². The Hall–Kier alpha value is -5.28. The van der Waals surface area contributed by atoms with Gasteiger partial charge in [-0.1, -0.05) is 17.8 Å². The van der Waals surface area contributed by atoms with Gasteiger partial charge >= 0.3 is 17.9 Å². The zero-order chi connectivity index (χ0) is 40.8. The third kappa shape index (κ3) is 20.1. The number of thiol groups is 1. The lowest BCUT2D eigenvalue weighted by atomic mass is 10.1. The Balaban J connectivity index is 2.46. The molecule has 0 fully saturated rings. The number of carboxylic acids is 3. The number of hydrogen-bond acceptors (Lipinski definition) is 15. The van der Waals surface area contributed by atoms with Gasteiger partial charge in [0.1, 0.15) is 18.1 Å². The van der Waals surface area contributed by atoms with Gasteiger partial charge in [0.25, 0.3) is 0 Å². The molecule has 0 aromatic carbocycles. The average Bonchev–Trinajstić information content (AvgIpc) is 3.56. The van der Waals surface area contributed by atoms with E-state index in [-0.39, 0.29) is 47.5 Å². The number of aromatic nitrogens is 2. The Morgan fingerprint density at radius 3 is 1.67 bits per heavy atom. The van der Waals surface area contributed by atoms with E-state index in [9.17, 15) is 57.3 Å². The van der Waals surface area contributed by atoms with Crippen molar-refractivity contribution in [1.29, 1.82) is 0 Å². The summed E-state index contributed by atoms with van der Waals surface area (Å²) in [6.45, 7) is -1.41. The van der Waals surface area contributed by atoms with Crippen molar-refractivity contribution in [2.75, 3.05) is 30.7 Å². The summed E-state index contributed by atoms with van der Waals surface area (Å²) in [7, 11) is -1.84. The molecule has 0 aliphatic carbocycles. The summed E-state index contributed by atoms with van der Waals surface area (Å²) in [4.78, 5) is 119. The Morgan fingerprint density at radius 2 is 1.19 bits per heavy atom.